The summed E-state index contributed by atoms with van der Waals surface area (Å²) in [6.07, 6.45) is -1.55. The SMILES string of the molecule is C=C(O)C(C)(F)F.O=C(Nc1ccc(NC2CCNCC2)nc1)c1nc(-c2ccccc2)oc1C(F)(F)F. The first-order valence-corrected chi connectivity index (χ1v) is 11.5. The average molecular weight is 540 g/mol. The molecule has 38 heavy (non-hydrogen) atoms. The number of aliphatic hydroxyl groups is 1. The van der Waals surface area contributed by atoms with E-state index in [1.807, 2.05) is 0 Å². The van der Waals surface area contributed by atoms with Gasteiger partial charge in [-0.25, -0.2) is 9.97 Å². The molecule has 0 atom stereocenters. The predicted octanol–water partition coefficient (Wildman–Crippen LogP) is 5.88. The maximum absolute atomic E-state index is 13.4. The topological polar surface area (TPSA) is 112 Å². The van der Waals surface area contributed by atoms with Crippen molar-refractivity contribution in [2.75, 3.05) is 23.7 Å². The van der Waals surface area contributed by atoms with Crippen molar-refractivity contribution in [3.8, 4) is 11.5 Å². The number of benzene rings is 1. The second kappa shape index (κ2) is 12.0. The predicted molar refractivity (Wildman–Crippen MR) is 131 cm³/mol. The zero-order chi connectivity index (χ0) is 27.9. The summed E-state index contributed by atoms with van der Waals surface area (Å²) in [5, 5.41) is 16.9. The van der Waals surface area contributed by atoms with Crippen LogP contribution in [-0.4, -0.2) is 46.0 Å². The highest BCUT2D eigenvalue weighted by atomic mass is 19.4. The summed E-state index contributed by atoms with van der Waals surface area (Å²) in [5.41, 5.74) is -0.247. The fourth-order valence-electron chi connectivity index (χ4n) is 3.29. The third-order valence-corrected chi connectivity index (χ3v) is 5.34. The van der Waals surface area contributed by atoms with E-state index in [2.05, 4.69) is 32.5 Å². The maximum atomic E-state index is 13.4. The molecule has 4 rings (SSSR count). The monoisotopic (exact) mass is 539 g/mol. The smallest absolute Gasteiger partial charge is 0.452 e. The van der Waals surface area contributed by atoms with Gasteiger partial charge < -0.3 is 25.5 Å². The van der Waals surface area contributed by atoms with Gasteiger partial charge in [0.05, 0.1) is 11.9 Å². The van der Waals surface area contributed by atoms with Crippen molar-refractivity contribution in [3.05, 3.63) is 72.5 Å². The van der Waals surface area contributed by atoms with Crippen LogP contribution in [0.15, 0.2) is 65.4 Å². The Kier molecular flexibility index (Phi) is 9.04. The number of aromatic nitrogens is 2. The Morgan fingerprint density at radius 2 is 1.74 bits per heavy atom. The summed E-state index contributed by atoms with van der Waals surface area (Å²) in [4.78, 5) is 20.6. The van der Waals surface area contributed by atoms with Gasteiger partial charge in [-0.2, -0.15) is 22.0 Å². The van der Waals surface area contributed by atoms with E-state index in [1.54, 1.807) is 42.5 Å². The Balaban J connectivity index is 0.000000505. The van der Waals surface area contributed by atoms with Gasteiger partial charge in [-0.3, -0.25) is 4.79 Å². The molecule has 0 aliphatic carbocycles. The molecule has 1 saturated heterocycles. The number of nitrogens with zero attached hydrogens (tertiary/aromatic N) is 2. The molecule has 4 N–H and O–H groups in total. The zero-order valence-electron chi connectivity index (χ0n) is 20.3. The molecule has 0 radical (unpaired) electrons. The number of alkyl halides is 5. The van der Waals surface area contributed by atoms with Gasteiger partial charge in [0.2, 0.25) is 11.7 Å². The molecule has 1 aliphatic rings. The highest BCUT2D eigenvalue weighted by molar-refractivity contribution is 6.04. The fourth-order valence-corrected chi connectivity index (χ4v) is 3.29. The quantitative estimate of drug-likeness (QED) is 0.228. The van der Waals surface area contributed by atoms with E-state index in [4.69, 9.17) is 9.52 Å². The Morgan fingerprint density at radius 3 is 2.26 bits per heavy atom. The molecule has 0 unspecified atom stereocenters. The Morgan fingerprint density at radius 1 is 1.11 bits per heavy atom. The molecular formula is C25H26F5N5O3. The third kappa shape index (κ3) is 8.00. The second-order valence-electron chi connectivity index (χ2n) is 8.45. The number of pyridine rings is 1. The zero-order valence-corrected chi connectivity index (χ0v) is 20.3. The number of amides is 1. The summed E-state index contributed by atoms with van der Waals surface area (Å²) in [6.45, 7) is 5.06. The van der Waals surface area contributed by atoms with Crippen molar-refractivity contribution in [1.82, 2.24) is 15.3 Å². The number of halogens is 5. The van der Waals surface area contributed by atoms with Crippen LogP contribution in [0.2, 0.25) is 0 Å². The Bertz CT molecular complexity index is 1220. The number of piperidine rings is 1. The number of nitrogens with one attached hydrogen (secondary N) is 3. The largest absolute Gasteiger partial charge is 0.507 e. The van der Waals surface area contributed by atoms with Crippen LogP contribution in [0.5, 0.6) is 0 Å². The number of rotatable bonds is 6. The van der Waals surface area contributed by atoms with Gasteiger partial charge in [-0.15, -0.1) is 0 Å². The van der Waals surface area contributed by atoms with Crippen molar-refractivity contribution in [2.45, 2.75) is 37.9 Å². The number of allylic oxidation sites excluding steroid dienone is 1. The minimum atomic E-state index is -4.87. The number of anilines is 2. The number of oxazole rings is 1. The molecule has 0 saturated carbocycles. The van der Waals surface area contributed by atoms with Gasteiger partial charge >= 0.3 is 6.18 Å². The summed E-state index contributed by atoms with van der Waals surface area (Å²) in [6, 6.07) is 11.6. The van der Waals surface area contributed by atoms with Crippen molar-refractivity contribution < 1.29 is 36.3 Å². The van der Waals surface area contributed by atoms with Crippen LogP contribution in [0, 0.1) is 0 Å². The van der Waals surface area contributed by atoms with Gasteiger partial charge in [0.15, 0.2) is 11.5 Å². The van der Waals surface area contributed by atoms with Crippen molar-refractivity contribution in [2.24, 2.45) is 0 Å². The van der Waals surface area contributed by atoms with Crippen LogP contribution >= 0.6 is 0 Å². The Hall–Kier alpha value is -4.00. The van der Waals surface area contributed by atoms with Crippen molar-refractivity contribution in [1.29, 1.82) is 0 Å². The number of hydrogen-bond acceptors (Lipinski definition) is 7. The number of aliphatic hydroxyl groups excluding tert-OH is 1. The maximum Gasteiger partial charge on any atom is 0.452 e. The van der Waals surface area contributed by atoms with E-state index in [-0.39, 0.29) is 11.6 Å². The molecule has 13 heteroatoms. The Labute approximate surface area is 215 Å². The molecule has 2 aromatic heterocycles. The molecule has 1 aromatic carbocycles. The van der Waals surface area contributed by atoms with Crippen LogP contribution in [0.25, 0.3) is 11.5 Å². The van der Waals surface area contributed by atoms with E-state index < -0.39 is 35.2 Å². The number of carbonyl (C=O) groups excluding carboxylic acids is 1. The summed E-state index contributed by atoms with van der Waals surface area (Å²) < 4.78 is 68.1. The summed E-state index contributed by atoms with van der Waals surface area (Å²) in [7, 11) is 0. The molecule has 1 aliphatic heterocycles. The molecule has 1 fully saturated rings. The highest BCUT2D eigenvalue weighted by Gasteiger charge is 2.42. The lowest BCUT2D eigenvalue weighted by Gasteiger charge is -2.24. The van der Waals surface area contributed by atoms with Gasteiger partial charge in [0.25, 0.3) is 11.8 Å². The standard InChI is InChI=1S/C21H20F3N5O2.C4H6F2O/c22-21(23,24)18-17(29-20(31-18)13-4-2-1-3-5-13)19(30)28-15-6-7-16(26-12-15)27-14-8-10-25-11-9-14;1-3(7)4(2,5)6/h1-7,12,14,25H,8-11H2,(H,26,27)(H,28,30);7H,1H2,2H3. The number of carbonyl (C=O) groups is 1. The van der Waals surface area contributed by atoms with E-state index in [1.165, 1.54) is 6.20 Å². The van der Waals surface area contributed by atoms with Crippen LogP contribution in [0.4, 0.5) is 33.5 Å². The first-order valence-electron chi connectivity index (χ1n) is 11.5. The first-order chi connectivity index (χ1) is 17.8. The van der Waals surface area contributed by atoms with Gasteiger partial charge in [-0.05, 0) is 50.2 Å². The molecule has 0 bridgehead atoms. The summed E-state index contributed by atoms with van der Waals surface area (Å²) >= 11 is 0. The lowest BCUT2D eigenvalue weighted by Crippen LogP contribution is -2.35. The molecule has 204 valence electrons. The molecule has 0 spiro atoms. The summed E-state index contributed by atoms with van der Waals surface area (Å²) in [5.74, 6) is -6.35. The van der Waals surface area contributed by atoms with Crippen molar-refractivity contribution in [3.63, 3.8) is 0 Å². The third-order valence-electron chi connectivity index (χ3n) is 5.34. The van der Waals surface area contributed by atoms with E-state index in [0.717, 1.165) is 25.9 Å². The second-order valence-corrected chi connectivity index (χ2v) is 8.45. The first kappa shape index (κ1) is 28.6. The van der Waals surface area contributed by atoms with Gasteiger partial charge in [0, 0.05) is 18.5 Å². The van der Waals surface area contributed by atoms with E-state index in [9.17, 15) is 26.7 Å². The van der Waals surface area contributed by atoms with Crippen LogP contribution in [-0.2, 0) is 6.18 Å². The van der Waals surface area contributed by atoms with Gasteiger partial charge in [-0.1, -0.05) is 24.8 Å². The van der Waals surface area contributed by atoms with Crippen molar-refractivity contribution >= 4 is 17.4 Å². The van der Waals surface area contributed by atoms with Crippen LogP contribution in [0.3, 0.4) is 0 Å². The molecular weight excluding hydrogens is 513 g/mol. The fraction of sp³-hybridized carbons (Fsp3) is 0.320. The van der Waals surface area contributed by atoms with E-state index in [0.29, 0.717) is 24.3 Å². The lowest BCUT2D eigenvalue weighted by atomic mass is 10.1. The normalized spacial score (nSPS) is 14.3. The molecule has 3 aromatic rings. The van der Waals surface area contributed by atoms with Crippen LogP contribution in [0.1, 0.15) is 36.0 Å². The minimum absolute atomic E-state index is 0.248. The van der Waals surface area contributed by atoms with E-state index >= 15 is 0 Å². The van der Waals surface area contributed by atoms with Crippen LogP contribution < -0.4 is 16.0 Å². The molecule has 8 nitrogen and oxygen atoms in total. The van der Waals surface area contributed by atoms with Gasteiger partial charge in [0.1, 0.15) is 5.82 Å². The number of hydrogen-bond donors (Lipinski definition) is 4. The molecule has 3 heterocycles. The highest BCUT2D eigenvalue weighted by Crippen LogP contribution is 2.35. The lowest BCUT2D eigenvalue weighted by molar-refractivity contribution is -0.153. The minimum Gasteiger partial charge on any atom is -0.507 e. The molecule has 1 amide bonds. The average Bonchev–Trinajstić information content (AvgIpc) is 3.33.